The zero-order valence-corrected chi connectivity index (χ0v) is 12.0. The molecule has 1 unspecified atom stereocenters. The first-order valence-electron chi connectivity index (χ1n) is 5.90. The van der Waals surface area contributed by atoms with Crippen molar-refractivity contribution < 1.29 is 4.74 Å². The van der Waals surface area contributed by atoms with Gasteiger partial charge < -0.3 is 9.30 Å². The Morgan fingerprint density at radius 1 is 1.41 bits per heavy atom. The Bertz CT molecular complexity index is 521. The predicted octanol–water partition coefficient (Wildman–Crippen LogP) is 3.82. The van der Waals surface area contributed by atoms with Crippen molar-refractivity contribution in [1.29, 1.82) is 0 Å². The van der Waals surface area contributed by atoms with Crippen molar-refractivity contribution >= 4 is 27.0 Å². The van der Waals surface area contributed by atoms with E-state index in [9.17, 15) is 0 Å². The van der Waals surface area contributed by atoms with Crippen molar-refractivity contribution in [2.75, 3.05) is 6.61 Å². The largest absolute Gasteiger partial charge is 0.494 e. The Balaban J connectivity index is 2.49. The zero-order valence-electron chi connectivity index (χ0n) is 10.4. The summed E-state index contributed by atoms with van der Waals surface area (Å²) in [6.07, 6.45) is 1.02. The van der Waals surface area contributed by atoms with Gasteiger partial charge in [0, 0.05) is 13.1 Å². The normalized spacial score (nSPS) is 12.9. The van der Waals surface area contributed by atoms with Crippen LogP contribution in [0.2, 0.25) is 0 Å². The van der Waals surface area contributed by atoms with Gasteiger partial charge in [0.1, 0.15) is 11.6 Å². The SMILES string of the molecule is CCOc1ccc2c(c1)nc(C(Br)CC)n2C. The Morgan fingerprint density at radius 2 is 2.18 bits per heavy atom. The van der Waals surface area contributed by atoms with Gasteiger partial charge in [-0.1, -0.05) is 22.9 Å². The molecule has 0 aliphatic heterocycles. The van der Waals surface area contributed by atoms with E-state index in [1.54, 1.807) is 0 Å². The van der Waals surface area contributed by atoms with Crippen LogP contribution in [0.1, 0.15) is 30.9 Å². The number of aromatic nitrogens is 2. The van der Waals surface area contributed by atoms with Gasteiger partial charge in [0.25, 0.3) is 0 Å². The topological polar surface area (TPSA) is 27.1 Å². The van der Waals surface area contributed by atoms with Gasteiger partial charge in [-0.15, -0.1) is 0 Å². The van der Waals surface area contributed by atoms with E-state index in [-0.39, 0.29) is 0 Å². The van der Waals surface area contributed by atoms with Crippen LogP contribution in [0.4, 0.5) is 0 Å². The van der Waals surface area contributed by atoms with E-state index in [1.807, 2.05) is 19.1 Å². The second-order valence-electron chi connectivity index (χ2n) is 3.99. The molecule has 0 aliphatic rings. The highest BCUT2D eigenvalue weighted by Crippen LogP contribution is 2.29. The van der Waals surface area contributed by atoms with Crippen molar-refractivity contribution in [2.45, 2.75) is 25.1 Å². The van der Waals surface area contributed by atoms with Crippen LogP contribution in [0.25, 0.3) is 11.0 Å². The Morgan fingerprint density at radius 3 is 2.82 bits per heavy atom. The maximum Gasteiger partial charge on any atom is 0.123 e. The zero-order chi connectivity index (χ0) is 12.4. The number of nitrogens with zero attached hydrogens (tertiary/aromatic N) is 2. The third-order valence-electron chi connectivity index (χ3n) is 2.84. The van der Waals surface area contributed by atoms with Gasteiger partial charge >= 0.3 is 0 Å². The highest BCUT2D eigenvalue weighted by molar-refractivity contribution is 9.09. The van der Waals surface area contributed by atoms with Gasteiger partial charge in [0.15, 0.2) is 0 Å². The highest BCUT2D eigenvalue weighted by atomic mass is 79.9. The standard InChI is InChI=1S/C13H17BrN2O/c1-4-10(14)13-15-11-8-9(17-5-2)6-7-12(11)16(13)3/h6-8,10H,4-5H2,1-3H3. The molecule has 0 saturated heterocycles. The molecule has 0 spiro atoms. The molecule has 17 heavy (non-hydrogen) atoms. The lowest BCUT2D eigenvalue weighted by molar-refractivity contribution is 0.340. The lowest BCUT2D eigenvalue weighted by atomic mass is 10.3. The minimum absolute atomic E-state index is 0.301. The van der Waals surface area contributed by atoms with Crippen LogP contribution in [-0.4, -0.2) is 16.2 Å². The van der Waals surface area contributed by atoms with Gasteiger partial charge in [-0.05, 0) is 25.5 Å². The second-order valence-corrected chi connectivity index (χ2v) is 5.09. The summed E-state index contributed by atoms with van der Waals surface area (Å²) in [6, 6.07) is 6.05. The van der Waals surface area contributed by atoms with Crippen LogP contribution in [0, 0.1) is 0 Å². The van der Waals surface area contributed by atoms with Crippen LogP contribution >= 0.6 is 15.9 Å². The van der Waals surface area contributed by atoms with Crippen LogP contribution in [-0.2, 0) is 7.05 Å². The molecule has 0 fully saturated rings. The monoisotopic (exact) mass is 296 g/mol. The average molecular weight is 297 g/mol. The molecule has 0 aliphatic carbocycles. The van der Waals surface area contributed by atoms with Crippen LogP contribution < -0.4 is 4.74 Å². The first-order valence-corrected chi connectivity index (χ1v) is 6.82. The number of imidazole rings is 1. The summed E-state index contributed by atoms with van der Waals surface area (Å²) >= 11 is 3.65. The lowest BCUT2D eigenvalue weighted by Crippen LogP contribution is -1.99. The van der Waals surface area contributed by atoms with Gasteiger partial charge in [-0.25, -0.2) is 4.98 Å². The smallest absolute Gasteiger partial charge is 0.123 e. The molecule has 0 bridgehead atoms. The molecule has 3 nitrogen and oxygen atoms in total. The molecule has 1 aromatic carbocycles. The Hall–Kier alpha value is -1.03. The summed E-state index contributed by atoms with van der Waals surface area (Å²) in [7, 11) is 2.05. The van der Waals surface area contributed by atoms with Gasteiger partial charge in [0.05, 0.1) is 22.5 Å². The number of aryl methyl sites for hydroxylation is 1. The van der Waals surface area contributed by atoms with Crippen LogP contribution in [0.5, 0.6) is 5.75 Å². The van der Waals surface area contributed by atoms with Gasteiger partial charge in [-0.2, -0.15) is 0 Å². The quantitative estimate of drug-likeness (QED) is 0.802. The number of benzene rings is 1. The minimum Gasteiger partial charge on any atom is -0.494 e. The number of alkyl halides is 1. The third-order valence-corrected chi connectivity index (χ3v) is 3.89. The molecule has 92 valence electrons. The van der Waals surface area contributed by atoms with E-state index in [1.165, 1.54) is 0 Å². The summed E-state index contributed by atoms with van der Waals surface area (Å²) < 4.78 is 7.62. The number of fused-ring (bicyclic) bond motifs is 1. The van der Waals surface area contributed by atoms with Gasteiger partial charge in [0.2, 0.25) is 0 Å². The van der Waals surface area contributed by atoms with E-state index in [0.29, 0.717) is 11.4 Å². The molecule has 2 aromatic rings. The lowest BCUT2D eigenvalue weighted by Gasteiger charge is -2.06. The summed E-state index contributed by atoms with van der Waals surface area (Å²) in [4.78, 5) is 4.96. The van der Waals surface area contributed by atoms with Gasteiger partial charge in [-0.3, -0.25) is 0 Å². The fourth-order valence-electron chi connectivity index (χ4n) is 1.92. The molecular weight excluding hydrogens is 280 g/mol. The fourth-order valence-corrected chi connectivity index (χ4v) is 2.33. The van der Waals surface area contributed by atoms with E-state index in [0.717, 1.165) is 29.0 Å². The molecule has 4 heteroatoms. The van der Waals surface area contributed by atoms with E-state index in [4.69, 9.17) is 4.74 Å². The van der Waals surface area contributed by atoms with E-state index >= 15 is 0 Å². The number of hydrogen-bond donors (Lipinski definition) is 0. The third kappa shape index (κ3) is 2.32. The van der Waals surface area contributed by atoms with Crippen LogP contribution in [0.15, 0.2) is 18.2 Å². The Labute approximate surface area is 110 Å². The molecule has 0 saturated carbocycles. The first kappa shape index (κ1) is 12.4. The maximum absolute atomic E-state index is 5.49. The Kier molecular flexibility index (Phi) is 3.72. The fraction of sp³-hybridized carbons (Fsp3) is 0.462. The first-order chi connectivity index (χ1) is 8.17. The van der Waals surface area contributed by atoms with Crippen molar-refractivity contribution in [1.82, 2.24) is 9.55 Å². The molecule has 0 N–H and O–H groups in total. The predicted molar refractivity (Wildman–Crippen MR) is 73.8 cm³/mol. The summed E-state index contributed by atoms with van der Waals surface area (Å²) in [5, 5.41) is 0. The average Bonchev–Trinajstić information content (AvgIpc) is 2.66. The number of rotatable bonds is 4. The minimum atomic E-state index is 0.301. The van der Waals surface area contributed by atoms with E-state index in [2.05, 4.69) is 45.5 Å². The van der Waals surface area contributed by atoms with Crippen LogP contribution in [0.3, 0.4) is 0 Å². The van der Waals surface area contributed by atoms with Crippen molar-refractivity contribution in [3.63, 3.8) is 0 Å². The summed E-state index contributed by atoms with van der Waals surface area (Å²) in [6.45, 7) is 4.81. The summed E-state index contributed by atoms with van der Waals surface area (Å²) in [5.74, 6) is 1.95. The number of hydrogen-bond acceptors (Lipinski definition) is 2. The number of ether oxygens (including phenoxy) is 1. The maximum atomic E-state index is 5.49. The molecule has 0 radical (unpaired) electrons. The highest BCUT2D eigenvalue weighted by Gasteiger charge is 2.14. The van der Waals surface area contributed by atoms with Crippen molar-refractivity contribution in [3.8, 4) is 5.75 Å². The molecule has 0 amide bonds. The molecule has 1 aromatic heterocycles. The molecule has 1 atom stereocenters. The van der Waals surface area contributed by atoms with E-state index < -0.39 is 0 Å². The van der Waals surface area contributed by atoms with Crippen molar-refractivity contribution in [2.24, 2.45) is 7.05 Å². The molecule has 1 heterocycles. The second kappa shape index (κ2) is 5.08. The summed E-state index contributed by atoms with van der Waals surface area (Å²) in [5.41, 5.74) is 2.13. The number of halogens is 1. The van der Waals surface area contributed by atoms with Crippen molar-refractivity contribution in [3.05, 3.63) is 24.0 Å². The molecular formula is C13H17BrN2O. The molecule has 2 rings (SSSR count).